The number of amides is 1. The van der Waals surface area contributed by atoms with Gasteiger partial charge in [0.05, 0.1) is 11.3 Å². The zero-order valence-electron chi connectivity index (χ0n) is 15.1. The summed E-state index contributed by atoms with van der Waals surface area (Å²) >= 11 is 1.57. The Kier molecular flexibility index (Phi) is 5.14. The van der Waals surface area contributed by atoms with Gasteiger partial charge in [-0.05, 0) is 81.8 Å². The number of carbonyl (C=O) groups excluding carboxylic acids is 1. The normalized spacial score (nSPS) is 18.2. The van der Waals surface area contributed by atoms with Crippen molar-refractivity contribution in [3.05, 3.63) is 34.9 Å². The van der Waals surface area contributed by atoms with E-state index in [2.05, 4.69) is 45.9 Å². The third-order valence-corrected chi connectivity index (χ3v) is 6.11. The standard InChI is InChI=1S/C20H26N2OS/c1-13-9-17-10-15(3)20(21-18(17)11-14(13)2)24-12-19(23)22-8-6-5-7-16(22)4/h9-11,16H,5-8,12H2,1-4H3. The van der Waals surface area contributed by atoms with Crippen molar-refractivity contribution in [3.8, 4) is 0 Å². The number of benzene rings is 1. The highest BCUT2D eigenvalue weighted by Gasteiger charge is 2.23. The Morgan fingerprint density at radius 3 is 2.62 bits per heavy atom. The summed E-state index contributed by atoms with van der Waals surface area (Å²) in [6.45, 7) is 9.39. The third-order valence-electron chi connectivity index (χ3n) is 5.03. The van der Waals surface area contributed by atoms with Gasteiger partial charge in [-0.1, -0.05) is 11.8 Å². The number of nitrogens with zero attached hydrogens (tertiary/aromatic N) is 2. The lowest BCUT2D eigenvalue weighted by molar-refractivity contribution is -0.131. The fourth-order valence-corrected chi connectivity index (χ4v) is 4.23. The van der Waals surface area contributed by atoms with Crippen LogP contribution in [0.5, 0.6) is 0 Å². The second kappa shape index (κ2) is 7.14. The lowest BCUT2D eigenvalue weighted by Crippen LogP contribution is -2.42. The molecule has 1 aliphatic heterocycles. The van der Waals surface area contributed by atoms with Gasteiger partial charge >= 0.3 is 0 Å². The summed E-state index contributed by atoms with van der Waals surface area (Å²) in [5.41, 5.74) is 4.71. The number of carbonyl (C=O) groups is 1. The van der Waals surface area contributed by atoms with Gasteiger partial charge in [-0.3, -0.25) is 4.79 Å². The van der Waals surface area contributed by atoms with Gasteiger partial charge in [0.1, 0.15) is 5.03 Å². The van der Waals surface area contributed by atoms with E-state index in [9.17, 15) is 4.79 Å². The van der Waals surface area contributed by atoms with E-state index in [0.29, 0.717) is 11.8 Å². The topological polar surface area (TPSA) is 33.2 Å². The number of pyridine rings is 1. The minimum atomic E-state index is 0.244. The molecule has 1 atom stereocenters. The Hall–Kier alpha value is -1.55. The minimum Gasteiger partial charge on any atom is -0.339 e. The van der Waals surface area contributed by atoms with Crippen LogP contribution in [0.1, 0.15) is 42.9 Å². The van der Waals surface area contributed by atoms with Gasteiger partial charge in [0.2, 0.25) is 5.91 Å². The van der Waals surface area contributed by atoms with Gasteiger partial charge in [0.15, 0.2) is 0 Å². The molecule has 1 unspecified atom stereocenters. The third kappa shape index (κ3) is 3.59. The fraction of sp³-hybridized carbons (Fsp3) is 0.500. The highest BCUT2D eigenvalue weighted by molar-refractivity contribution is 7.99. The van der Waals surface area contributed by atoms with Crippen LogP contribution in [0.25, 0.3) is 10.9 Å². The van der Waals surface area contributed by atoms with Crippen LogP contribution in [0.3, 0.4) is 0 Å². The molecule has 3 rings (SSSR count). The molecule has 0 bridgehead atoms. The second-order valence-electron chi connectivity index (χ2n) is 6.96. The smallest absolute Gasteiger partial charge is 0.233 e. The molecule has 0 N–H and O–H groups in total. The minimum absolute atomic E-state index is 0.244. The van der Waals surface area contributed by atoms with E-state index in [1.807, 2.05) is 4.90 Å². The molecule has 128 valence electrons. The van der Waals surface area contributed by atoms with Crippen LogP contribution in [-0.2, 0) is 4.79 Å². The fourth-order valence-electron chi connectivity index (χ4n) is 3.36. The first-order valence-corrected chi connectivity index (χ1v) is 9.75. The quantitative estimate of drug-likeness (QED) is 0.761. The Bertz CT molecular complexity index is 772. The molecule has 2 aromatic rings. The van der Waals surface area contributed by atoms with Crippen LogP contribution >= 0.6 is 11.8 Å². The summed E-state index contributed by atoms with van der Waals surface area (Å²) in [5.74, 6) is 0.725. The number of aromatic nitrogens is 1. The molecular formula is C20H26N2OS. The van der Waals surface area contributed by atoms with Crippen molar-refractivity contribution in [1.29, 1.82) is 0 Å². The van der Waals surface area contributed by atoms with Gasteiger partial charge in [-0.25, -0.2) is 4.98 Å². The highest BCUT2D eigenvalue weighted by atomic mass is 32.2. The lowest BCUT2D eigenvalue weighted by atomic mass is 10.0. The summed E-state index contributed by atoms with van der Waals surface area (Å²) < 4.78 is 0. The van der Waals surface area contributed by atoms with Crippen LogP contribution in [-0.4, -0.2) is 34.1 Å². The summed E-state index contributed by atoms with van der Waals surface area (Å²) in [7, 11) is 0. The van der Waals surface area contributed by atoms with E-state index in [4.69, 9.17) is 4.98 Å². The van der Waals surface area contributed by atoms with E-state index >= 15 is 0 Å². The predicted molar refractivity (Wildman–Crippen MR) is 102 cm³/mol. The highest BCUT2D eigenvalue weighted by Crippen LogP contribution is 2.27. The van der Waals surface area contributed by atoms with Crippen LogP contribution in [0.15, 0.2) is 23.2 Å². The second-order valence-corrected chi connectivity index (χ2v) is 7.92. The number of hydrogen-bond acceptors (Lipinski definition) is 3. The molecule has 3 nitrogen and oxygen atoms in total. The summed E-state index contributed by atoms with van der Waals surface area (Å²) in [5, 5.41) is 2.15. The number of piperidine rings is 1. The van der Waals surface area contributed by atoms with Crippen molar-refractivity contribution < 1.29 is 4.79 Å². The summed E-state index contributed by atoms with van der Waals surface area (Å²) in [6.07, 6.45) is 3.50. The van der Waals surface area contributed by atoms with E-state index in [-0.39, 0.29) is 5.91 Å². The molecule has 1 aromatic carbocycles. The molecule has 1 saturated heterocycles. The number of hydrogen-bond donors (Lipinski definition) is 0. The van der Waals surface area contributed by atoms with Gasteiger partial charge in [-0.15, -0.1) is 0 Å². The molecule has 1 fully saturated rings. The molecule has 0 radical (unpaired) electrons. The van der Waals surface area contributed by atoms with Crippen LogP contribution in [0, 0.1) is 20.8 Å². The maximum Gasteiger partial charge on any atom is 0.233 e. The van der Waals surface area contributed by atoms with E-state index < -0.39 is 0 Å². The van der Waals surface area contributed by atoms with Crippen LogP contribution in [0.2, 0.25) is 0 Å². The zero-order valence-corrected chi connectivity index (χ0v) is 15.9. The van der Waals surface area contributed by atoms with Gasteiger partial charge in [-0.2, -0.15) is 0 Å². The first-order chi connectivity index (χ1) is 11.5. The Morgan fingerprint density at radius 1 is 1.17 bits per heavy atom. The Labute approximate surface area is 148 Å². The van der Waals surface area contributed by atoms with Crippen molar-refractivity contribution in [2.75, 3.05) is 12.3 Å². The molecule has 24 heavy (non-hydrogen) atoms. The van der Waals surface area contributed by atoms with Gasteiger partial charge < -0.3 is 4.90 Å². The molecular weight excluding hydrogens is 316 g/mol. The molecule has 1 amide bonds. The average molecular weight is 343 g/mol. The van der Waals surface area contributed by atoms with Crippen molar-refractivity contribution >= 4 is 28.6 Å². The lowest BCUT2D eigenvalue weighted by Gasteiger charge is -2.33. The molecule has 2 heterocycles. The maximum absolute atomic E-state index is 12.5. The van der Waals surface area contributed by atoms with Crippen molar-refractivity contribution in [2.24, 2.45) is 0 Å². The van der Waals surface area contributed by atoms with E-state index in [0.717, 1.165) is 35.5 Å². The molecule has 0 saturated carbocycles. The monoisotopic (exact) mass is 342 g/mol. The largest absolute Gasteiger partial charge is 0.339 e. The van der Waals surface area contributed by atoms with Crippen molar-refractivity contribution in [3.63, 3.8) is 0 Å². The maximum atomic E-state index is 12.5. The van der Waals surface area contributed by atoms with Gasteiger partial charge in [0, 0.05) is 18.0 Å². The number of likely N-dealkylation sites (tertiary alicyclic amines) is 1. The Morgan fingerprint density at radius 2 is 1.88 bits per heavy atom. The first kappa shape index (κ1) is 17.3. The molecule has 1 aromatic heterocycles. The molecule has 0 spiro atoms. The Balaban J connectivity index is 1.76. The number of rotatable bonds is 3. The summed E-state index contributed by atoms with van der Waals surface area (Å²) in [4.78, 5) is 19.4. The SMILES string of the molecule is Cc1cc2cc(C)c(SCC(=O)N3CCCCC3C)nc2cc1C. The molecule has 1 aliphatic rings. The first-order valence-electron chi connectivity index (χ1n) is 8.76. The van der Waals surface area contributed by atoms with E-state index in [1.165, 1.54) is 22.9 Å². The number of thioether (sulfide) groups is 1. The van der Waals surface area contributed by atoms with E-state index in [1.54, 1.807) is 11.8 Å². The van der Waals surface area contributed by atoms with Crippen molar-refractivity contribution in [1.82, 2.24) is 9.88 Å². The summed E-state index contributed by atoms with van der Waals surface area (Å²) in [6, 6.07) is 6.90. The van der Waals surface area contributed by atoms with Gasteiger partial charge in [0.25, 0.3) is 0 Å². The number of aryl methyl sites for hydroxylation is 3. The zero-order chi connectivity index (χ0) is 17.3. The molecule has 0 aliphatic carbocycles. The van der Waals surface area contributed by atoms with Crippen LogP contribution in [0.4, 0.5) is 0 Å². The number of fused-ring (bicyclic) bond motifs is 1. The van der Waals surface area contributed by atoms with Crippen LogP contribution < -0.4 is 0 Å². The average Bonchev–Trinajstić information content (AvgIpc) is 2.55. The molecule has 4 heteroatoms. The predicted octanol–water partition coefficient (Wildman–Crippen LogP) is 4.65. The van der Waals surface area contributed by atoms with Crippen molar-refractivity contribution in [2.45, 2.75) is 58.0 Å².